The number of aromatic nitrogens is 1. The van der Waals surface area contributed by atoms with Crippen molar-refractivity contribution < 1.29 is 28.7 Å². The van der Waals surface area contributed by atoms with Crippen LogP contribution in [0.5, 0.6) is 0 Å². The van der Waals surface area contributed by atoms with Crippen LogP contribution in [0.4, 0.5) is 0 Å². The van der Waals surface area contributed by atoms with Gasteiger partial charge in [0.05, 0.1) is 30.9 Å². The molecule has 0 bridgehead atoms. The molecule has 4 N–H and O–H groups in total. The van der Waals surface area contributed by atoms with Gasteiger partial charge >= 0.3 is 11.9 Å². The minimum absolute atomic E-state index is 0.164. The summed E-state index contributed by atoms with van der Waals surface area (Å²) in [6, 6.07) is 1.85. The van der Waals surface area contributed by atoms with E-state index in [1.807, 2.05) is 14.1 Å². The van der Waals surface area contributed by atoms with E-state index in [0.29, 0.717) is 29.3 Å². The van der Waals surface area contributed by atoms with Crippen LogP contribution >= 0.6 is 23.5 Å². The first-order valence-electron chi connectivity index (χ1n) is 12.0. The Balaban J connectivity index is 2.29. The molecule has 13 heteroatoms. The molecule has 1 aromatic rings. The number of nitrogens with one attached hydrogen (secondary N) is 2. The Bertz CT molecular complexity index is 857. The number of unbranched alkanes of at least 4 members (excludes halogenated alkanes) is 2. The highest BCUT2D eigenvalue weighted by molar-refractivity contribution is 7.99. The van der Waals surface area contributed by atoms with E-state index in [-0.39, 0.29) is 24.0 Å². The van der Waals surface area contributed by atoms with Gasteiger partial charge in [-0.15, -0.1) is 11.8 Å². The Morgan fingerprint density at radius 3 is 2.46 bits per heavy atom. The fourth-order valence-electron chi connectivity index (χ4n) is 2.91. The topological polar surface area (TPSA) is 153 Å². The minimum Gasteiger partial charge on any atom is -0.467 e. The fraction of sp³-hybridized carbons (Fsp3) is 0.625. The standard InChI is InChI=1S/C24H39N5O6S2/c1-29(2)12-13-36-15-18(25)22(31)26-11-7-5-6-8-20(30)28-19(24(33)35-4)16-37-21-10-9-17(14-27-21)23(32)34-3/h9-10,14,18-19H,5-8,11-13,15-16,25H2,1-4H3,(H,26,31)(H,28,30). The maximum absolute atomic E-state index is 12.3. The lowest BCUT2D eigenvalue weighted by Crippen LogP contribution is -2.43. The van der Waals surface area contributed by atoms with Crippen molar-refractivity contribution in [2.45, 2.75) is 42.8 Å². The number of esters is 2. The number of methoxy groups -OCH3 is 2. The second-order valence-electron chi connectivity index (χ2n) is 8.42. The first kappa shape index (κ1) is 32.7. The average Bonchev–Trinajstić information content (AvgIpc) is 2.89. The van der Waals surface area contributed by atoms with Crippen LogP contribution in [0.3, 0.4) is 0 Å². The van der Waals surface area contributed by atoms with E-state index in [2.05, 4.69) is 25.3 Å². The third-order valence-electron chi connectivity index (χ3n) is 5.07. The van der Waals surface area contributed by atoms with Gasteiger partial charge in [-0.2, -0.15) is 11.8 Å². The van der Waals surface area contributed by atoms with Crippen molar-refractivity contribution in [3.8, 4) is 0 Å². The Hall–Kier alpha value is -2.35. The highest BCUT2D eigenvalue weighted by atomic mass is 32.2. The number of hydrogen-bond acceptors (Lipinski definition) is 11. The molecule has 0 aliphatic rings. The SMILES string of the molecule is COC(=O)c1ccc(SCC(NC(=O)CCCCCNC(=O)C(N)CSCCN(C)C)C(=O)OC)nc1. The number of rotatable bonds is 18. The molecule has 2 atom stereocenters. The molecule has 0 aliphatic carbocycles. The van der Waals surface area contributed by atoms with Crippen LogP contribution in [-0.2, 0) is 23.9 Å². The number of amides is 2. The quantitative estimate of drug-likeness (QED) is 0.134. The third-order valence-corrected chi connectivity index (χ3v) is 7.18. The van der Waals surface area contributed by atoms with Crippen molar-refractivity contribution in [2.75, 3.05) is 58.7 Å². The van der Waals surface area contributed by atoms with Gasteiger partial charge in [0.25, 0.3) is 0 Å². The molecular formula is C24H39N5O6S2. The van der Waals surface area contributed by atoms with Gasteiger partial charge in [0, 0.05) is 43.0 Å². The van der Waals surface area contributed by atoms with Crippen molar-refractivity contribution in [3.63, 3.8) is 0 Å². The predicted molar refractivity (Wildman–Crippen MR) is 146 cm³/mol. The second kappa shape index (κ2) is 18.8. The van der Waals surface area contributed by atoms with Crippen LogP contribution in [0.25, 0.3) is 0 Å². The van der Waals surface area contributed by atoms with Crippen LogP contribution in [0.1, 0.15) is 36.0 Å². The minimum atomic E-state index is -0.832. The highest BCUT2D eigenvalue weighted by Gasteiger charge is 2.22. The van der Waals surface area contributed by atoms with Crippen molar-refractivity contribution in [2.24, 2.45) is 5.73 Å². The monoisotopic (exact) mass is 557 g/mol. The Kier molecular flexibility index (Phi) is 16.6. The summed E-state index contributed by atoms with van der Waals surface area (Å²) >= 11 is 2.91. The van der Waals surface area contributed by atoms with Crippen LogP contribution in [0.2, 0.25) is 0 Å². The van der Waals surface area contributed by atoms with Crippen LogP contribution < -0.4 is 16.4 Å². The molecule has 208 valence electrons. The van der Waals surface area contributed by atoms with E-state index in [1.165, 1.54) is 32.2 Å². The zero-order valence-electron chi connectivity index (χ0n) is 22.0. The van der Waals surface area contributed by atoms with Gasteiger partial charge in [-0.3, -0.25) is 9.59 Å². The largest absolute Gasteiger partial charge is 0.467 e. The summed E-state index contributed by atoms with van der Waals surface area (Å²) in [5.74, 6) is 0.267. The zero-order chi connectivity index (χ0) is 27.6. The predicted octanol–water partition coefficient (Wildman–Crippen LogP) is 0.917. The average molecular weight is 558 g/mol. The smallest absolute Gasteiger partial charge is 0.339 e. The molecule has 11 nitrogen and oxygen atoms in total. The summed E-state index contributed by atoms with van der Waals surface area (Å²) in [7, 11) is 6.56. The highest BCUT2D eigenvalue weighted by Crippen LogP contribution is 2.17. The van der Waals surface area contributed by atoms with Gasteiger partial charge in [-0.25, -0.2) is 14.6 Å². The Labute approximate surface area is 227 Å². The number of pyridine rings is 1. The van der Waals surface area contributed by atoms with Crippen LogP contribution in [-0.4, -0.2) is 104 Å². The maximum atomic E-state index is 12.3. The summed E-state index contributed by atoms with van der Waals surface area (Å²) in [4.78, 5) is 54.3. The fourth-order valence-corrected chi connectivity index (χ4v) is 4.83. The van der Waals surface area contributed by atoms with Gasteiger partial charge in [-0.05, 0) is 39.1 Å². The molecule has 1 heterocycles. The van der Waals surface area contributed by atoms with Gasteiger partial charge < -0.3 is 30.7 Å². The number of carbonyl (C=O) groups excluding carboxylic acids is 4. The zero-order valence-corrected chi connectivity index (χ0v) is 23.6. The van der Waals surface area contributed by atoms with E-state index < -0.39 is 24.0 Å². The normalized spacial score (nSPS) is 12.5. The first-order chi connectivity index (χ1) is 17.7. The van der Waals surface area contributed by atoms with E-state index in [1.54, 1.807) is 23.9 Å². The lowest BCUT2D eigenvalue weighted by Gasteiger charge is -2.16. The maximum Gasteiger partial charge on any atom is 0.339 e. The van der Waals surface area contributed by atoms with Crippen molar-refractivity contribution >= 4 is 47.3 Å². The summed E-state index contributed by atoms with van der Waals surface area (Å²) in [6.07, 6.45) is 3.73. The second-order valence-corrected chi connectivity index (χ2v) is 10.6. The van der Waals surface area contributed by atoms with E-state index in [0.717, 1.165) is 25.1 Å². The van der Waals surface area contributed by atoms with Gasteiger partial charge in [0.1, 0.15) is 6.04 Å². The van der Waals surface area contributed by atoms with Gasteiger partial charge in [0.15, 0.2) is 0 Å². The van der Waals surface area contributed by atoms with Gasteiger partial charge in [0.2, 0.25) is 11.8 Å². The molecule has 0 saturated carbocycles. The summed E-state index contributed by atoms with van der Waals surface area (Å²) < 4.78 is 9.44. The van der Waals surface area contributed by atoms with E-state index in [4.69, 9.17) is 10.5 Å². The number of nitrogens with two attached hydrogens (primary N) is 1. The first-order valence-corrected chi connectivity index (χ1v) is 14.1. The summed E-state index contributed by atoms with van der Waals surface area (Å²) in [5, 5.41) is 6.13. The van der Waals surface area contributed by atoms with Gasteiger partial charge in [-0.1, -0.05) is 6.42 Å². The number of hydrogen-bond donors (Lipinski definition) is 3. The van der Waals surface area contributed by atoms with Crippen molar-refractivity contribution in [3.05, 3.63) is 23.9 Å². The molecule has 0 radical (unpaired) electrons. The molecule has 0 spiro atoms. The summed E-state index contributed by atoms with van der Waals surface area (Å²) in [5.41, 5.74) is 6.24. The molecule has 1 aromatic heterocycles. The molecule has 0 aliphatic heterocycles. The molecule has 0 aromatic carbocycles. The molecular weight excluding hydrogens is 518 g/mol. The summed E-state index contributed by atoms with van der Waals surface area (Å²) in [6.45, 7) is 1.44. The van der Waals surface area contributed by atoms with E-state index >= 15 is 0 Å². The molecule has 2 amide bonds. The lowest BCUT2D eigenvalue weighted by atomic mass is 10.1. The molecule has 0 fully saturated rings. The molecule has 37 heavy (non-hydrogen) atoms. The third kappa shape index (κ3) is 14.2. The molecule has 0 saturated heterocycles. The van der Waals surface area contributed by atoms with E-state index in [9.17, 15) is 19.2 Å². The number of nitrogens with zero attached hydrogens (tertiary/aromatic N) is 2. The molecule has 2 unspecified atom stereocenters. The van der Waals surface area contributed by atoms with Crippen LogP contribution in [0, 0.1) is 0 Å². The number of ether oxygens (including phenoxy) is 2. The molecule has 1 rings (SSSR count). The number of carbonyl (C=O) groups is 4. The Morgan fingerprint density at radius 1 is 1.08 bits per heavy atom. The van der Waals surface area contributed by atoms with Crippen LogP contribution in [0.15, 0.2) is 23.4 Å². The lowest BCUT2D eigenvalue weighted by molar-refractivity contribution is -0.144. The van der Waals surface area contributed by atoms with Crippen molar-refractivity contribution in [1.29, 1.82) is 0 Å². The Morgan fingerprint density at radius 2 is 1.84 bits per heavy atom. The van der Waals surface area contributed by atoms with Crippen molar-refractivity contribution in [1.82, 2.24) is 20.5 Å². The number of thioether (sulfide) groups is 2.